The van der Waals surface area contributed by atoms with Gasteiger partial charge in [0.15, 0.2) is 0 Å². The third kappa shape index (κ3) is 3.35. The fourth-order valence-corrected chi connectivity index (χ4v) is 3.64. The average Bonchev–Trinajstić information content (AvgIpc) is 3.30. The molecule has 1 aromatic carbocycles. The van der Waals surface area contributed by atoms with Gasteiger partial charge >= 0.3 is 0 Å². The third-order valence-electron chi connectivity index (χ3n) is 5.15. The van der Waals surface area contributed by atoms with E-state index in [0.717, 1.165) is 11.3 Å². The molecule has 0 spiro atoms. The number of pyridine rings is 1. The number of fused-ring (bicyclic) bond motifs is 1. The number of rotatable bonds is 5. The first-order valence-electron chi connectivity index (χ1n) is 9.32. The second kappa shape index (κ2) is 7.42. The van der Waals surface area contributed by atoms with Crippen molar-refractivity contribution in [2.75, 3.05) is 18.0 Å². The van der Waals surface area contributed by atoms with E-state index >= 15 is 0 Å². The van der Waals surface area contributed by atoms with Gasteiger partial charge in [0.25, 0.3) is 0 Å². The Morgan fingerprint density at radius 2 is 2.04 bits per heavy atom. The summed E-state index contributed by atoms with van der Waals surface area (Å²) in [6, 6.07) is 11.5. The molecule has 0 aliphatic carbocycles. The van der Waals surface area contributed by atoms with Gasteiger partial charge in [-0.15, -0.1) is 0 Å². The number of hydrogen-bond donors (Lipinski definition) is 0. The number of imidazole rings is 1. The van der Waals surface area contributed by atoms with Crippen molar-refractivity contribution in [1.29, 1.82) is 0 Å². The number of carbonyl (C=O) groups excluding carboxylic acids is 2. The van der Waals surface area contributed by atoms with Crippen molar-refractivity contribution in [3.63, 3.8) is 0 Å². The number of aromatic nitrogens is 2. The van der Waals surface area contributed by atoms with Gasteiger partial charge in [-0.1, -0.05) is 6.07 Å². The van der Waals surface area contributed by atoms with Crippen LogP contribution in [-0.2, 0) is 16.1 Å². The molecular formula is C21H21FN4O2. The molecule has 7 heteroatoms. The highest BCUT2D eigenvalue weighted by atomic mass is 19.1. The van der Waals surface area contributed by atoms with Crippen molar-refractivity contribution in [1.82, 2.24) is 14.3 Å². The molecule has 0 N–H and O–H groups in total. The molecule has 2 amide bonds. The first-order chi connectivity index (χ1) is 13.6. The fraction of sp³-hybridized carbons (Fsp3) is 0.286. The molecule has 6 nitrogen and oxygen atoms in total. The topological polar surface area (TPSA) is 57.9 Å². The van der Waals surface area contributed by atoms with Crippen LogP contribution in [0.25, 0.3) is 5.65 Å². The summed E-state index contributed by atoms with van der Waals surface area (Å²) >= 11 is 0. The molecule has 1 unspecified atom stereocenters. The quantitative estimate of drug-likeness (QED) is 0.684. The van der Waals surface area contributed by atoms with Crippen LogP contribution in [0.5, 0.6) is 0 Å². The predicted molar refractivity (Wildman–Crippen MR) is 103 cm³/mol. The highest BCUT2D eigenvalue weighted by Gasteiger charge is 2.37. The van der Waals surface area contributed by atoms with E-state index in [1.165, 1.54) is 12.1 Å². The maximum Gasteiger partial charge on any atom is 0.228 e. The zero-order valence-electron chi connectivity index (χ0n) is 15.6. The first-order valence-corrected chi connectivity index (χ1v) is 9.32. The smallest absolute Gasteiger partial charge is 0.228 e. The lowest BCUT2D eigenvalue weighted by Crippen LogP contribution is -2.37. The molecule has 0 saturated carbocycles. The minimum Gasteiger partial charge on any atom is -0.337 e. The summed E-state index contributed by atoms with van der Waals surface area (Å²) in [6.45, 7) is 3.21. The minimum atomic E-state index is -0.406. The van der Waals surface area contributed by atoms with Crippen molar-refractivity contribution in [3.8, 4) is 0 Å². The molecule has 4 rings (SSSR count). The second-order valence-corrected chi connectivity index (χ2v) is 6.91. The maximum atomic E-state index is 13.1. The van der Waals surface area contributed by atoms with E-state index in [4.69, 9.17) is 0 Å². The number of halogens is 1. The molecule has 3 heterocycles. The Hall–Kier alpha value is -3.22. The SMILES string of the molecule is CCN(Cc1cnc2ccccn12)C(=O)C1CC(=O)N(c2ccc(F)cc2)C1. The highest BCUT2D eigenvalue weighted by Crippen LogP contribution is 2.27. The van der Waals surface area contributed by atoms with Crippen LogP contribution in [0.1, 0.15) is 19.0 Å². The lowest BCUT2D eigenvalue weighted by atomic mass is 10.1. The van der Waals surface area contributed by atoms with Crippen molar-refractivity contribution in [2.45, 2.75) is 19.9 Å². The van der Waals surface area contributed by atoms with Crippen LogP contribution < -0.4 is 4.90 Å². The number of amides is 2. The van der Waals surface area contributed by atoms with E-state index in [2.05, 4.69) is 4.98 Å². The molecule has 3 aromatic rings. The standard InChI is InChI=1S/C21H21FN4O2/c1-2-24(14-18-12-23-19-5-3-4-10-25(18)19)21(28)15-11-20(27)26(13-15)17-8-6-16(22)7-9-17/h3-10,12,15H,2,11,13-14H2,1H3. The first kappa shape index (κ1) is 18.2. The van der Waals surface area contributed by atoms with Gasteiger partial charge in [0.1, 0.15) is 11.5 Å². The van der Waals surface area contributed by atoms with E-state index in [1.54, 1.807) is 28.1 Å². The summed E-state index contributed by atoms with van der Waals surface area (Å²) < 4.78 is 15.1. The molecule has 1 aliphatic heterocycles. The Labute approximate surface area is 162 Å². The van der Waals surface area contributed by atoms with Crippen LogP contribution in [-0.4, -0.2) is 39.2 Å². The summed E-state index contributed by atoms with van der Waals surface area (Å²) in [5.41, 5.74) is 2.37. The van der Waals surface area contributed by atoms with E-state index in [0.29, 0.717) is 25.3 Å². The highest BCUT2D eigenvalue weighted by molar-refractivity contribution is 6.00. The van der Waals surface area contributed by atoms with E-state index in [1.807, 2.05) is 35.7 Å². The summed E-state index contributed by atoms with van der Waals surface area (Å²) in [5, 5.41) is 0. The molecule has 1 fully saturated rings. The van der Waals surface area contributed by atoms with Crippen LogP contribution in [0.4, 0.5) is 10.1 Å². The number of anilines is 1. The molecule has 0 radical (unpaired) electrons. The van der Waals surface area contributed by atoms with Gasteiger partial charge in [0.05, 0.1) is 24.4 Å². The summed E-state index contributed by atoms with van der Waals surface area (Å²) in [7, 11) is 0. The average molecular weight is 380 g/mol. The number of nitrogens with zero attached hydrogens (tertiary/aromatic N) is 4. The Morgan fingerprint density at radius 3 is 2.79 bits per heavy atom. The summed E-state index contributed by atoms with van der Waals surface area (Å²) in [6.07, 6.45) is 3.86. The maximum absolute atomic E-state index is 13.1. The van der Waals surface area contributed by atoms with Crippen molar-refractivity contribution >= 4 is 23.1 Å². The van der Waals surface area contributed by atoms with Gasteiger partial charge in [0.2, 0.25) is 11.8 Å². The Balaban J connectivity index is 1.49. The zero-order chi connectivity index (χ0) is 19.7. The molecule has 1 saturated heterocycles. The molecule has 0 bridgehead atoms. The Morgan fingerprint density at radius 1 is 1.25 bits per heavy atom. The van der Waals surface area contributed by atoms with Crippen LogP contribution in [0.2, 0.25) is 0 Å². The van der Waals surface area contributed by atoms with Gasteiger partial charge in [-0.2, -0.15) is 0 Å². The summed E-state index contributed by atoms with van der Waals surface area (Å²) in [4.78, 5) is 33.2. The predicted octanol–water partition coefficient (Wildman–Crippen LogP) is 2.88. The molecule has 144 valence electrons. The lowest BCUT2D eigenvalue weighted by molar-refractivity contribution is -0.136. The van der Waals surface area contributed by atoms with Gasteiger partial charge < -0.3 is 14.2 Å². The van der Waals surface area contributed by atoms with Crippen LogP contribution in [0.15, 0.2) is 54.9 Å². The van der Waals surface area contributed by atoms with Gasteiger partial charge in [-0.05, 0) is 43.3 Å². The number of benzene rings is 1. The molecule has 28 heavy (non-hydrogen) atoms. The molecule has 2 aromatic heterocycles. The van der Waals surface area contributed by atoms with E-state index in [-0.39, 0.29) is 24.1 Å². The normalized spacial score (nSPS) is 16.7. The second-order valence-electron chi connectivity index (χ2n) is 6.91. The summed E-state index contributed by atoms with van der Waals surface area (Å²) in [5.74, 6) is -0.924. The van der Waals surface area contributed by atoms with Crippen LogP contribution in [0.3, 0.4) is 0 Å². The molecular weight excluding hydrogens is 359 g/mol. The zero-order valence-corrected chi connectivity index (χ0v) is 15.6. The van der Waals surface area contributed by atoms with E-state index in [9.17, 15) is 14.0 Å². The largest absolute Gasteiger partial charge is 0.337 e. The minimum absolute atomic E-state index is 0.0497. The fourth-order valence-electron chi connectivity index (χ4n) is 3.64. The lowest BCUT2D eigenvalue weighted by Gasteiger charge is -2.24. The molecule has 1 aliphatic rings. The van der Waals surface area contributed by atoms with Gasteiger partial charge in [0, 0.05) is 31.4 Å². The third-order valence-corrected chi connectivity index (χ3v) is 5.15. The van der Waals surface area contributed by atoms with Gasteiger partial charge in [-0.25, -0.2) is 9.37 Å². The van der Waals surface area contributed by atoms with Crippen molar-refractivity contribution in [3.05, 3.63) is 66.4 Å². The van der Waals surface area contributed by atoms with Crippen molar-refractivity contribution < 1.29 is 14.0 Å². The van der Waals surface area contributed by atoms with Crippen molar-refractivity contribution in [2.24, 2.45) is 5.92 Å². The Bertz CT molecular complexity index is 1010. The molecule has 1 atom stereocenters. The van der Waals surface area contributed by atoms with Gasteiger partial charge in [-0.3, -0.25) is 9.59 Å². The number of hydrogen-bond acceptors (Lipinski definition) is 3. The van der Waals surface area contributed by atoms with Crippen LogP contribution >= 0.6 is 0 Å². The number of carbonyl (C=O) groups is 2. The van der Waals surface area contributed by atoms with Crippen LogP contribution in [0, 0.1) is 11.7 Å². The Kier molecular flexibility index (Phi) is 4.81. The monoisotopic (exact) mass is 380 g/mol. The van der Waals surface area contributed by atoms with E-state index < -0.39 is 5.92 Å².